The van der Waals surface area contributed by atoms with E-state index in [2.05, 4.69) is 36.9 Å². The predicted molar refractivity (Wildman–Crippen MR) is 94.3 cm³/mol. The van der Waals surface area contributed by atoms with Crippen molar-refractivity contribution in [3.05, 3.63) is 23.5 Å². The van der Waals surface area contributed by atoms with Crippen molar-refractivity contribution in [2.24, 2.45) is 5.92 Å². The normalized spacial score (nSPS) is 11.0. The van der Waals surface area contributed by atoms with Gasteiger partial charge in [0.05, 0.1) is 11.4 Å². The molecule has 0 N–H and O–H groups in total. The molecule has 0 saturated heterocycles. The van der Waals surface area contributed by atoms with Crippen LogP contribution in [0.5, 0.6) is 0 Å². The molecule has 0 radical (unpaired) electrons. The summed E-state index contributed by atoms with van der Waals surface area (Å²) in [7, 11) is 0. The van der Waals surface area contributed by atoms with Crippen LogP contribution < -0.4 is 0 Å². The molecule has 0 spiro atoms. The molecule has 124 valence electrons. The van der Waals surface area contributed by atoms with Gasteiger partial charge in [-0.2, -0.15) is 0 Å². The zero-order valence-corrected chi connectivity index (χ0v) is 15.6. The van der Waals surface area contributed by atoms with Crippen molar-refractivity contribution in [2.45, 2.75) is 53.2 Å². The molecule has 0 atom stereocenters. The van der Waals surface area contributed by atoms with Crippen LogP contribution in [0.3, 0.4) is 0 Å². The van der Waals surface area contributed by atoms with Gasteiger partial charge in [0.25, 0.3) is 0 Å². The summed E-state index contributed by atoms with van der Waals surface area (Å²) in [6.45, 7) is 18.6. The Morgan fingerprint density at radius 3 is 2.55 bits per heavy atom. The molecule has 0 unspecified atom stereocenters. The summed E-state index contributed by atoms with van der Waals surface area (Å²) in [5, 5.41) is 0.948. The lowest BCUT2D eigenvalue weighted by molar-refractivity contribution is -0.127. The van der Waals surface area contributed by atoms with Gasteiger partial charge in [0.15, 0.2) is 5.16 Å². The number of rotatable bonds is 8. The first kappa shape index (κ1) is 18.8. The van der Waals surface area contributed by atoms with E-state index in [0.717, 1.165) is 23.0 Å². The van der Waals surface area contributed by atoms with Gasteiger partial charge in [-0.1, -0.05) is 37.8 Å². The predicted octanol–water partition coefficient (Wildman–Crippen LogP) is 3.67. The van der Waals surface area contributed by atoms with Gasteiger partial charge in [0, 0.05) is 25.3 Å². The summed E-state index contributed by atoms with van der Waals surface area (Å²) >= 11 is 1.53. The van der Waals surface area contributed by atoms with E-state index >= 15 is 0 Å². The summed E-state index contributed by atoms with van der Waals surface area (Å²) < 4.78 is 2.23. The van der Waals surface area contributed by atoms with Crippen LogP contribution in [-0.4, -0.2) is 39.2 Å². The Labute approximate surface area is 139 Å². The number of aromatic nitrogens is 2. The van der Waals surface area contributed by atoms with E-state index in [4.69, 9.17) is 0 Å². The number of thioether (sulfide) groups is 1. The van der Waals surface area contributed by atoms with Gasteiger partial charge in [-0.25, -0.2) is 4.98 Å². The molecule has 22 heavy (non-hydrogen) atoms. The summed E-state index contributed by atoms with van der Waals surface area (Å²) in [5.74, 6) is 1.12. The van der Waals surface area contributed by atoms with Crippen molar-refractivity contribution in [1.82, 2.24) is 14.5 Å². The van der Waals surface area contributed by atoms with E-state index in [0.29, 0.717) is 24.8 Å². The Morgan fingerprint density at radius 2 is 2.05 bits per heavy atom. The zero-order valence-electron chi connectivity index (χ0n) is 14.8. The fourth-order valence-corrected chi connectivity index (χ4v) is 3.24. The molecule has 1 aromatic heterocycles. The van der Waals surface area contributed by atoms with Gasteiger partial charge in [-0.3, -0.25) is 4.79 Å². The van der Waals surface area contributed by atoms with Crippen LogP contribution >= 0.6 is 11.8 Å². The molecule has 4 nitrogen and oxygen atoms in total. The van der Waals surface area contributed by atoms with Crippen molar-refractivity contribution in [2.75, 3.05) is 18.8 Å². The quantitative estimate of drug-likeness (QED) is 0.541. The van der Waals surface area contributed by atoms with E-state index in [1.165, 1.54) is 17.5 Å². The standard InChI is InChI=1S/C17H29N3OS/c1-8-19(9-12(2)3)16(21)11-22-17-18-14(6)15(7)20(17)10-13(4)5/h13H,2,8-11H2,1,3-7H3. The molecule has 0 aliphatic rings. The Kier molecular flexibility index (Phi) is 7.20. The van der Waals surface area contributed by atoms with Crippen LogP contribution in [0, 0.1) is 19.8 Å². The fraction of sp³-hybridized carbons (Fsp3) is 0.647. The summed E-state index contributed by atoms with van der Waals surface area (Å²) in [4.78, 5) is 18.8. The van der Waals surface area contributed by atoms with Crippen LogP contribution in [0.1, 0.15) is 39.1 Å². The van der Waals surface area contributed by atoms with Crippen molar-refractivity contribution in [3.8, 4) is 0 Å². The van der Waals surface area contributed by atoms with Gasteiger partial charge in [0.1, 0.15) is 0 Å². The number of hydrogen-bond acceptors (Lipinski definition) is 3. The third-order valence-electron chi connectivity index (χ3n) is 3.49. The third kappa shape index (κ3) is 5.20. The zero-order chi connectivity index (χ0) is 16.9. The lowest BCUT2D eigenvalue weighted by Gasteiger charge is -2.20. The molecule has 1 heterocycles. The molecule has 0 aromatic carbocycles. The maximum absolute atomic E-state index is 12.3. The average molecular weight is 324 g/mol. The molecular weight excluding hydrogens is 294 g/mol. The Bertz CT molecular complexity index is 534. The van der Waals surface area contributed by atoms with Gasteiger partial charge in [-0.05, 0) is 33.6 Å². The molecule has 0 saturated carbocycles. The summed E-state index contributed by atoms with van der Waals surface area (Å²) in [6, 6.07) is 0. The number of imidazole rings is 1. The van der Waals surface area contributed by atoms with E-state index in [1.54, 1.807) is 0 Å². The minimum atomic E-state index is 0.143. The molecule has 0 bridgehead atoms. The molecule has 1 rings (SSSR count). The number of likely N-dealkylation sites (N-methyl/N-ethyl adjacent to an activating group) is 1. The van der Waals surface area contributed by atoms with Gasteiger partial charge < -0.3 is 9.47 Å². The van der Waals surface area contributed by atoms with Crippen molar-refractivity contribution in [1.29, 1.82) is 0 Å². The lowest BCUT2D eigenvalue weighted by atomic mass is 10.2. The Morgan fingerprint density at radius 1 is 1.41 bits per heavy atom. The first-order valence-electron chi connectivity index (χ1n) is 7.84. The molecule has 0 fully saturated rings. The number of nitrogens with zero attached hydrogens (tertiary/aromatic N) is 3. The maximum atomic E-state index is 12.3. The average Bonchev–Trinajstić information content (AvgIpc) is 2.69. The molecule has 1 aromatic rings. The number of aryl methyl sites for hydroxylation is 1. The third-order valence-corrected chi connectivity index (χ3v) is 4.45. The van der Waals surface area contributed by atoms with E-state index in [-0.39, 0.29) is 5.91 Å². The number of carbonyl (C=O) groups is 1. The monoisotopic (exact) mass is 323 g/mol. The highest BCUT2D eigenvalue weighted by Crippen LogP contribution is 2.23. The van der Waals surface area contributed by atoms with Crippen molar-refractivity contribution in [3.63, 3.8) is 0 Å². The molecule has 0 aliphatic heterocycles. The highest BCUT2D eigenvalue weighted by atomic mass is 32.2. The minimum absolute atomic E-state index is 0.143. The van der Waals surface area contributed by atoms with E-state index < -0.39 is 0 Å². The van der Waals surface area contributed by atoms with Gasteiger partial charge in [-0.15, -0.1) is 0 Å². The highest BCUT2D eigenvalue weighted by molar-refractivity contribution is 7.99. The Hall–Kier alpha value is -1.23. The molecule has 0 aliphatic carbocycles. The SMILES string of the molecule is C=C(C)CN(CC)C(=O)CSc1nc(C)c(C)n1CC(C)C. The van der Waals surface area contributed by atoms with Crippen LogP contribution in [0.2, 0.25) is 0 Å². The van der Waals surface area contributed by atoms with E-state index in [9.17, 15) is 4.79 Å². The second kappa shape index (κ2) is 8.42. The number of hydrogen-bond donors (Lipinski definition) is 0. The van der Waals surface area contributed by atoms with Gasteiger partial charge >= 0.3 is 0 Å². The molecule has 5 heteroatoms. The van der Waals surface area contributed by atoms with E-state index in [1.807, 2.05) is 25.7 Å². The second-order valence-electron chi connectivity index (χ2n) is 6.22. The molecule has 1 amide bonds. The van der Waals surface area contributed by atoms with Crippen LogP contribution in [-0.2, 0) is 11.3 Å². The van der Waals surface area contributed by atoms with Crippen molar-refractivity contribution >= 4 is 17.7 Å². The lowest BCUT2D eigenvalue weighted by Crippen LogP contribution is -2.33. The highest BCUT2D eigenvalue weighted by Gasteiger charge is 2.17. The summed E-state index contributed by atoms with van der Waals surface area (Å²) in [5.41, 5.74) is 3.25. The number of carbonyl (C=O) groups excluding carboxylic acids is 1. The fourth-order valence-electron chi connectivity index (χ4n) is 2.23. The van der Waals surface area contributed by atoms with Crippen LogP contribution in [0.15, 0.2) is 17.3 Å². The number of amides is 1. The minimum Gasteiger partial charge on any atom is -0.338 e. The van der Waals surface area contributed by atoms with Gasteiger partial charge in [0.2, 0.25) is 5.91 Å². The Balaban J connectivity index is 2.77. The maximum Gasteiger partial charge on any atom is 0.233 e. The summed E-state index contributed by atoms with van der Waals surface area (Å²) in [6.07, 6.45) is 0. The molecular formula is C17H29N3OS. The van der Waals surface area contributed by atoms with Crippen LogP contribution in [0.4, 0.5) is 0 Å². The first-order chi connectivity index (χ1) is 10.3. The topological polar surface area (TPSA) is 38.1 Å². The van der Waals surface area contributed by atoms with Crippen molar-refractivity contribution < 1.29 is 4.79 Å². The largest absolute Gasteiger partial charge is 0.338 e. The first-order valence-corrected chi connectivity index (χ1v) is 8.83. The second-order valence-corrected chi connectivity index (χ2v) is 7.17. The smallest absolute Gasteiger partial charge is 0.233 e. The van der Waals surface area contributed by atoms with Crippen LogP contribution in [0.25, 0.3) is 0 Å².